The van der Waals surface area contributed by atoms with Gasteiger partial charge < -0.3 is 20.3 Å². The van der Waals surface area contributed by atoms with Gasteiger partial charge in [-0.3, -0.25) is 9.59 Å². The molecule has 0 spiro atoms. The third kappa shape index (κ3) is 8.23. The van der Waals surface area contributed by atoms with Crippen LogP contribution in [0.5, 0.6) is 0 Å². The highest BCUT2D eigenvalue weighted by atomic mass is 16.5. The summed E-state index contributed by atoms with van der Waals surface area (Å²) in [5.74, 6) is -1.90. The zero-order valence-corrected chi connectivity index (χ0v) is 14.2. The standard InChI is InChI=1S/C15H25N3O5/c1-9(2)23-15(21)13(7-6-12(19)8-17-16)18-14(20)10(3)11(4)22-5/h8-11,13H,6-7H2,1-5H3,(H,18,20)/t10-,11+,13+/m1/s1. The van der Waals surface area contributed by atoms with Crippen molar-refractivity contribution < 1.29 is 28.6 Å². The van der Waals surface area contributed by atoms with Crippen LogP contribution in [0.1, 0.15) is 40.5 Å². The zero-order valence-electron chi connectivity index (χ0n) is 14.2. The summed E-state index contributed by atoms with van der Waals surface area (Å²) in [6.07, 6.45) is 0.0846. The van der Waals surface area contributed by atoms with Crippen LogP contribution in [0, 0.1) is 5.92 Å². The molecule has 0 aromatic rings. The highest BCUT2D eigenvalue weighted by molar-refractivity contribution is 6.25. The fourth-order valence-electron chi connectivity index (χ4n) is 1.70. The van der Waals surface area contributed by atoms with Crippen LogP contribution in [-0.2, 0) is 23.9 Å². The lowest BCUT2D eigenvalue weighted by atomic mass is 10.0. The van der Waals surface area contributed by atoms with E-state index in [0.717, 1.165) is 6.21 Å². The first-order valence-corrected chi connectivity index (χ1v) is 7.46. The van der Waals surface area contributed by atoms with Crippen molar-refractivity contribution in [2.75, 3.05) is 7.11 Å². The van der Waals surface area contributed by atoms with Crippen molar-refractivity contribution >= 4 is 23.9 Å². The van der Waals surface area contributed by atoms with Gasteiger partial charge in [-0.1, -0.05) is 6.92 Å². The average molecular weight is 327 g/mol. The van der Waals surface area contributed by atoms with E-state index >= 15 is 0 Å². The van der Waals surface area contributed by atoms with E-state index in [-0.39, 0.29) is 31.0 Å². The van der Waals surface area contributed by atoms with Crippen molar-refractivity contribution in [3.63, 3.8) is 0 Å². The Hall–Kier alpha value is -2.05. The van der Waals surface area contributed by atoms with E-state index in [4.69, 9.17) is 15.0 Å². The maximum atomic E-state index is 12.2. The Morgan fingerprint density at radius 2 is 1.83 bits per heavy atom. The van der Waals surface area contributed by atoms with Gasteiger partial charge in [0.25, 0.3) is 0 Å². The molecule has 0 aliphatic heterocycles. The monoisotopic (exact) mass is 327 g/mol. The third-order valence-electron chi connectivity index (χ3n) is 3.32. The Morgan fingerprint density at radius 3 is 2.30 bits per heavy atom. The molecule has 130 valence electrons. The topological polar surface area (TPSA) is 118 Å². The zero-order chi connectivity index (χ0) is 18.0. The Bertz CT molecular complexity index is 472. The first-order chi connectivity index (χ1) is 10.7. The molecule has 0 aromatic heterocycles. The van der Waals surface area contributed by atoms with Crippen molar-refractivity contribution in [2.45, 2.75) is 58.8 Å². The summed E-state index contributed by atoms with van der Waals surface area (Å²) >= 11 is 0. The number of hydrogen-bond acceptors (Lipinski definition) is 5. The number of nitrogens with zero attached hydrogens (tertiary/aromatic N) is 2. The summed E-state index contributed by atoms with van der Waals surface area (Å²) in [5, 5.41) is 2.58. The maximum absolute atomic E-state index is 12.2. The summed E-state index contributed by atoms with van der Waals surface area (Å²) in [6.45, 7) is 6.80. The van der Waals surface area contributed by atoms with Crippen LogP contribution >= 0.6 is 0 Å². The lowest BCUT2D eigenvalue weighted by molar-refractivity contribution is -0.152. The molecule has 0 saturated carbocycles. The van der Waals surface area contributed by atoms with Gasteiger partial charge in [-0.2, -0.15) is 4.79 Å². The summed E-state index contributed by atoms with van der Waals surface area (Å²) in [4.78, 5) is 38.2. The number of methoxy groups -OCH3 is 1. The number of nitrogens with one attached hydrogen (secondary N) is 1. The van der Waals surface area contributed by atoms with Crippen molar-refractivity contribution in [1.82, 2.24) is 5.32 Å². The van der Waals surface area contributed by atoms with Crippen molar-refractivity contribution in [3.8, 4) is 0 Å². The Labute approximate surface area is 136 Å². The molecule has 0 radical (unpaired) electrons. The van der Waals surface area contributed by atoms with Crippen LogP contribution in [-0.4, -0.2) is 54.0 Å². The van der Waals surface area contributed by atoms with Gasteiger partial charge in [0.1, 0.15) is 6.04 Å². The van der Waals surface area contributed by atoms with Crippen LogP contribution < -0.4 is 5.32 Å². The number of carbonyl (C=O) groups excluding carboxylic acids is 3. The van der Waals surface area contributed by atoms with E-state index in [2.05, 4.69) is 10.1 Å². The smallest absolute Gasteiger partial charge is 0.328 e. The van der Waals surface area contributed by atoms with Crippen molar-refractivity contribution in [2.24, 2.45) is 5.92 Å². The predicted molar refractivity (Wildman–Crippen MR) is 82.7 cm³/mol. The fourth-order valence-corrected chi connectivity index (χ4v) is 1.70. The van der Waals surface area contributed by atoms with Gasteiger partial charge in [0.15, 0.2) is 0 Å². The van der Waals surface area contributed by atoms with Gasteiger partial charge in [0.2, 0.25) is 11.7 Å². The molecule has 0 aliphatic carbocycles. The highest BCUT2D eigenvalue weighted by Crippen LogP contribution is 2.09. The molecule has 0 bridgehead atoms. The van der Waals surface area contributed by atoms with Gasteiger partial charge in [-0.05, 0) is 27.2 Å². The van der Waals surface area contributed by atoms with E-state index in [1.807, 2.05) is 0 Å². The minimum Gasteiger partial charge on any atom is -0.461 e. The minimum atomic E-state index is -0.951. The predicted octanol–water partition coefficient (Wildman–Crippen LogP) is 0.744. The van der Waals surface area contributed by atoms with E-state index in [9.17, 15) is 14.4 Å². The Balaban J connectivity index is 4.90. The number of esters is 1. The second-order valence-electron chi connectivity index (χ2n) is 5.53. The molecular formula is C15H25N3O5. The SMILES string of the molecule is CO[C@@H](C)[C@@H](C)C(=O)N[C@@H](CCC(=O)C=[N+]=[N-])C(=O)OC(C)C. The third-order valence-corrected chi connectivity index (χ3v) is 3.32. The van der Waals surface area contributed by atoms with E-state index < -0.39 is 23.7 Å². The number of ether oxygens (including phenoxy) is 2. The summed E-state index contributed by atoms with van der Waals surface area (Å²) in [5.41, 5.74) is 8.31. The molecular weight excluding hydrogens is 302 g/mol. The van der Waals surface area contributed by atoms with E-state index in [0.29, 0.717) is 0 Å². The quantitative estimate of drug-likeness (QED) is 0.275. The van der Waals surface area contributed by atoms with Crippen LogP contribution in [0.15, 0.2) is 0 Å². The number of carbonyl (C=O) groups is 3. The normalized spacial score (nSPS) is 14.3. The molecule has 0 heterocycles. The molecule has 1 N–H and O–H groups in total. The maximum Gasteiger partial charge on any atom is 0.328 e. The second-order valence-corrected chi connectivity index (χ2v) is 5.53. The second kappa shape index (κ2) is 10.6. The number of rotatable bonds is 10. The number of hydrogen-bond donors (Lipinski definition) is 1. The molecule has 0 aromatic carbocycles. The van der Waals surface area contributed by atoms with E-state index in [1.165, 1.54) is 7.11 Å². The largest absolute Gasteiger partial charge is 0.461 e. The molecule has 0 unspecified atom stereocenters. The summed E-state index contributed by atoms with van der Waals surface area (Å²) in [6, 6.07) is -0.951. The van der Waals surface area contributed by atoms with Gasteiger partial charge in [0.05, 0.1) is 18.1 Å². The Kier molecular flexibility index (Phi) is 9.69. The summed E-state index contributed by atoms with van der Waals surface area (Å²) in [7, 11) is 1.49. The van der Waals surface area contributed by atoms with Crippen LogP contribution in [0.2, 0.25) is 0 Å². The van der Waals surface area contributed by atoms with Gasteiger partial charge >= 0.3 is 12.2 Å². The van der Waals surface area contributed by atoms with Crippen LogP contribution in [0.4, 0.5) is 0 Å². The molecule has 8 heteroatoms. The number of Topliss-reactive ketones (excluding diaryl/α,β-unsaturated/α-hetero) is 1. The highest BCUT2D eigenvalue weighted by Gasteiger charge is 2.28. The average Bonchev–Trinajstić information content (AvgIpc) is 2.48. The first kappa shape index (κ1) is 20.9. The molecule has 1 amide bonds. The Morgan fingerprint density at radius 1 is 1.22 bits per heavy atom. The number of ketones is 1. The minimum absolute atomic E-state index is 0.0518. The van der Waals surface area contributed by atoms with Crippen molar-refractivity contribution in [1.29, 1.82) is 0 Å². The van der Waals surface area contributed by atoms with Crippen LogP contribution in [0.3, 0.4) is 0 Å². The molecule has 0 aliphatic rings. The molecule has 0 saturated heterocycles. The molecule has 0 fully saturated rings. The molecule has 23 heavy (non-hydrogen) atoms. The first-order valence-electron chi connectivity index (χ1n) is 7.46. The lowest BCUT2D eigenvalue weighted by Gasteiger charge is -2.23. The van der Waals surface area contributed by atoms with E-state index in [1.54, 1.807) is 27.7 Å². The summed E-state index contributed by atoms with van der Waals surface area (Å²) < 4.78 is 10.2. The molecule has 0 rings (SSSR count). The lowest BCUT2D eigenvalue weighted by Crippen LogP contribution is -2.46. The van der Waals surface area contributed by atoms with Gasteiger partial charge in [-0.15, -0.1) is 0 Å². The van der Waals surface area contributed by atoms with Crippen LogP contribution in [0.25, 0.3) is 5.53 Å². The molecule has 3 atom stereocenters. The van der Waals surface area contributed by atoms with Gasteiger partial charge in [-0.25, -0.2) is 4.79 Å². The van der Waals surface area contributed by atoms with Gasteiger partial charge in [0, 0.05) is 13.5 Å². The molecule has 8 nitrogen and oxygen atoms in total. The number of amides is 1. The fraction of sp³-hybridized carbons (Fsp3) is 0.733. The van der Waals surface area contributed by atoms with Crippen molar-refractivity contribution in [3.05, 3.63) is 5.53 Å².